The Morgan fingerprint density at radius 3 is 2.76 bits per heavy atom. The predicted molar refractivity (Wildman–Crippen MR) is 71.0 cm³/mol. The molecule has 1 aromatic rings. The molecule has 17 heavy (non-hydrogen) atoms. The highest BCUT2D eigenvalue weighted by Gasteiger charge is 2.25. The molecule has 2 N–H and O–H groups in total. The third kappa shape index (κ3) is 4.09. The van der Waals surface area contributed by atoms with Gasteiger partial charge in [-0.15, -0.1) is 11.3 Å². The zero-order chi connectivity index (χ0) is 12.9. The molecule has 0 unspecified atom stereocenters. The SMILES string of the molecule is CCc1ncc(CNCC(C)(C)C(=O)NC)s1. The minimum Gasteiger partial charge on any atom is -0.359 e. The quantitative estimate of drug-likeness (QED) is 0.811. The van der Waals surface area contributed by atoms with Crippen LogP contribution < -0.4 is 10.6 Å². The van der Waals surface area contributed by atoms with E-state index in [1.54, 1.807) is 18.4 Å². The number of thiazole rings is 1. The first-order valence-corrected chi connectivity index (χ1v) is 6.67. The molecule has 96 valence electrons. The highest BCUT2D eigenvalue weighted by molar-refractivity contribution is 7.11. The van der Waals surface area contributed by atoms with Crippen LogP contribution in [0, 0.1) is 5.41 Å². The van der Waals surface area contributed by atoms with Crippen LogP contribution in [0.25, 0.3) is 0 Å². The van der Waals surface area contributed by atoms with Crippen LogP contribution in [-0.2, 0) is 17.8 Å². The van der Waals surface area contributed by atoms with Gasteiger partial charge in [0.2, 0.25) is 5.91 Å². The molecule has 1 rings (SSSR count). The Morgan fingerprint density at radius 1 is 1.53 bits per heavy atom. The van der Waals surface area contributed by atoms with Gasteiger partial charge in [-0.3, -0.25) is 4.79 Å². The fraction of sp³-hybridized carbons (Fsp3) is 0.667. The fourth-order valence-corrected chi connectivity index (χ4v) is 2.34. The summed E-state index contributed by atoms with van der Waals surface area (Å²) in [5, 5.41) is 7.14. The Bertz CT molecular complexity index is 374. The third-order valence-electron chi connectivity index (χ3n) is 2.61. The molecule has 4 nitrogen and oxygen atoms in total. The Morgan fingerprint density at radius 2 is 2.24 bits per heavy atom. The van der Waals surface area contributed by atoms with Gasteiger partial charge < -0.3 is 10.6 Å². The van der Waals surface area contributed by atoms with Gasteiger partial charge in [-0.2, -0.15) is 0 Å². The van der Waals surface area contributed by atoms with Crippen molar-refractivity contribution in [2.45, 2.75) is 33.7 Å². The summed E-state index contributed by atoms with van der Waals surface area (Å²) in [6.45, 7) is 7.40. The van der Waals surface area contributed by atoms with Gasteiger partial charge >= 0.3 is 0 Å². The highest BCUT2D eigenvalue weighted by atomic mass is 32.1. The number of aromatic nitrogens is 1. The molecule has 0 bridgehead atoms. The van der Waals surface area contributed by atoms with Gasteiger partial charge in [0, 0.05) is 31.2 Å². The van der Waals surface area contributed by atoms with Crippen LogP contribution in [0.15, 0.2) is 6.20 Å². The summed E-state index contributed by atoms with van der Waals surface area (Å²) in [5.41, 5.74) is -0.382. The zero-order valence-corrected chi connectivity index (χ0v) is 11.8. The van der Waals surface area contributed by atoms with Crippen molar-refractivity contribution in [1.29, 1.82) is 0 Å². The number of carbonyl (C=O) groups is 1. The summed E-state index contributed by atoms with van der Waals surface area (Å²) >= 11 is 1.72. The Balaban J connectivity index is 2.39. The van der Waals surface area contributed by atoms with E-state index in [2.05, 4.69) is 22.5 Å². The van der Waals surface area contributed by atoms with Crippen molar-refractivity contribution in [3.8, 4) is 0 Å². The maximum Gasteiger partial charge on any atom is 0.226 e. The van der Waals surface area contributed by atoms with Gasteiger partial charge in [-0.05, 0) is 20.3 Å². The number of hydrogen-bond donors (Lipinski definition) is 2. The smallest absolute Gasteiger partial charge is 0.226 e. The predicted octanol–water partition coefficient (Wildman–Crippen LogP) is 1.57. The van der Waals surface area contributed by atoms with Crippen molar-refractivity contribution in [1.82, 2.24) is 15.6 Å². The molecule has 5 heteroatoms. The molecule has 1 amide bonds. The van der Waals surface area contributed by atoms with Gasteiger partial charge in [-0.1, -0.05) is 6.92 Å². The number of aryl methyl sites for hydroxylation is 1. The van der Waals surface area contributed by atoms with Crippen molar-refractivity contribution >= 4 is 17.2 Å². The van der Waals surface area contributed by atoms with Crippen LogP contribution in [0.2, 0.25) is 0 Å². The molecule has 0 fully saturated rings. The lowest BCUT2D eigenvalue weighted by atomic mass is 9.92. The molecule has 0 aliphatic heterocycles. The normalized spacial score (nSPS) is 11.5. The number of rotatable bonds is 6. The number of nitrogens with zero attached hydrogens (tertiary/aromatic N) is 1. The topological polar surface area (TPSA) is 54.0 Å². The zero-order valence-electron chi connectivity index (χ0n) is 11.0. The largest absolute Gasteiger partial charge is 0.359 e. The van der Waals surface area contributed by atoms with Crippen molar-refractivity contribution < 1.29 is 4.79 Å². The Kier molecular flexibility index (Phi) is 5.08. The van der Waals surface area contributed by atoms with Gasteiger partial charge in [-0.25, -0.2) is 4.98 Å². The van der Waals surface area contributed by atoms with Gasteiger partial charge in [0.1, 0.15) is 0 Å². The molecule has 0 aromatic carbocycles. The molecule has 1 aromatic heterocycles. The maximum atomic E-state index is 11.6. The lowest BCUT2D eigenvalue weighted by molar-refractivity contribution is -0.128. The molecule has 0 saturated carbocycles. The lowest BCUT2D eigenvalue weighted by Crippen LogP contribution is -2.41. The minimum absolute atomic E-state index is 0.0588. The molecule has 0 aliphatic carbocycles. The maximum absolute atomic E-state index is 11.6. The van der Waals surface area contributed by atoms with Crippen LogP contribution in [0.1, 0.15) is 30.7 Å². The van der Waals surface area contributed by atoms with E-state index in [-0.39, 0.29) is 11.3 Å². The van der Waals surface area contributed by atoms with E-state index in [4.69, 9.17) is 0 Å². The van der Waals surface area contributed by atoms with Crippen LogP contribution in [-0.4, -0.2) is 24.5 Å². The van der Waals surface area contributed by atoms with Gasteiger partial charge in [0.25, 0.3) is 0 Å². The first-order valence-electron chi connectivity index (χ1n) is 5.86. The van der Waals surface area contributed by atoms with E-state index >= 15 is 0 Å². The third-order valence-corrected chi connectivity index (χ3v) is 3.75. The monoisotopic (exact) mass is 255 g/mol. The second-order valence-electron chi connectivity index (χ2n) is 4.64. The van der Waals surface area contributed by atoms with Crippen molar-refractivity contribution in [2.24, 2.45) is 5.41 Å². The molecule has 0 saturated heterocycles. The van der Waals surface area contributed by atoms with Crippen LogP contribution >= 0.6 is 11.3 Å². The summed E-state index contributed by atoms with van der Waals surface area (Å²) in [6, 6.07) is 0. The summed E-state index contributed by atoms with van der Waals surface area (Å²) in [4.78, 5) is 17.1. The van der Waals surface area contributed by atoms with Crippen molar-refractivity contribution in [3.63, 3.8) is 0 Å². The van der Waals surface area contributed by atoms with E-state index in [0.29, 0.717) is 6.54 Å². The summed E-state index contributed by atoms with van der Waals surface area (Å²) in [7, 11) is 1.67. The molecule has 0 radical (unpaired) electrons. The second-order valence-corrected chi connectivity index (χ2v) is 5.84. The van der Waals surface area contributed by atoms with Gasteiger partial charge in [0.15, 0.2) is 0 Å². The molecule has 0 spiro atoms. The molecule has 0 atom stereocenters. The Labute approximate surface area is 107 Å². The first kappa shape index (κ1) is 14.1. The van der Waals surface area contributed by atoms with Crippen LogP contribution in [0.5, 0.6) is 0 Å². The van der Waals surface area contributed by atoms with E-state index in [0.717, 1.165) is 18.0 Å². The molecular weight excluding hydrogens is 234 g/mol. The highest BCUT2D eigenvalue weighted by Crippen LogP contribution is 2.15. The number of hydrogen-bond acceptors (Lipinski definition) is 4. The van der Waals surface area contributed by atoms with E-state index in [1.165, 1.54) is 4.88 Å². The standard InChI is InChI=1S/C12H21N3OS/c1-5-10-15-7-9(17-10)6-14-8-12(2,3)11(16)13-4/h7,14H,5-6,8H2,1-4H3,(H,13,16). The van der Waals surface area contributed by atoms with Crippen LogP contribution in [0.4, 0.5) is 0 Å². The fourth-order valence-electron chi connectivity index (χ4n) is 1.51. The van der Waals surface area contributed by atoms with E-state index < -0.39 is 0 Å². The first-order chi connectivity index (χ1) is 7.99. The Hall–Kier alpha value is -0.940. The summed E-state index contributed by atoms with van der Waals surface area (Å²) < 4.78 is 0. The second kappa shape index (κ2) is 6.12. The number of nitrogens with one attached hydrogen (secondary N) is 2. The van der Waals surface area contributed by atoms with Crippen molar-refractivity contribution in [2.75, 3.05) is 13.6 Å². The molecule has 0 aliphatic rings. The number of amides is 1. The average Bonchev–Trinajstić information content (AvgIpc) is 2.75. The minimum atomic E-state index is -0.382. The molecular formula is C12H21N3OS. The number of carbonyl (C=O) groups excluding carboxylic acids is 1. The van der Waals surface area contributed by atoms with Crippen LogP contribution in [0.3, 0.4) is 0 Å². The summed E-state index contributed by atoms with van der Waals surface area (Å²) in [5.74, 6) is 0.0588. The van der Waals surface area contributed by atoms with Gasteiger partial charge in [0.05, 0.1) is 10.4 Å². The summed E-state index contributed by atoms with van der Waals surface area (Å²) in [6.07, 6.45) is 2.89. The molecule has 1 heterocycles. The average molecular weight is 255 g/mol. The van der Waals surface area contributed by atoms with Crippen molar-refractivity contribution in [3.05, 3.63) is 16.1 Å². The van der Waals surface area contributed by atoms with E-state index in [9.17, 15) is 4.79 Å². The van der Waals surface area contributed by atoms with E-state index in [1.807, 2.05) is 20.0 Å². The lowest BCUT2D eigenvalue weighted by Gasteiger charge is -2.22.